The lowest BCUT2D eigenvalue weighted by molar-refractivity contribution is -0.140. The Bertz CT molecular complexity index is 823. The number of nitrogens with one attached hydrogen (secondary N) is 1. The van der Waals surface area contributed by atoms with E-state index in [0.717, 1.165) is 0 Å². The smallest absolute Gasteiger partial charge is 0.349 e. The number of primary amides is 1. The number of ether oxygens (including phenoxy) is 2. The van der Waals surface area contributed by atoms with Gasteiger partial charge < -0.3 is 25.0 Å². The molecule has 1 aromatic rings. The minimum absolute atomic E-state index is 0.0397. The van der Waals surface area contributed by atoms with Crippen molar-refractivity contribution < 1.29 is 28.3 Å². The van der Waals surface area contributed by atoms with E-state index in [9.17, 15) is 14.4 Å². The summed E-state index contributed by atoms with van der Waals surface area (Å²) < 4.78 is 16.7. The maximum atomic E-state index is 12.9. The van der Waals surface area contributed by atoms with Crippen molar-refractivity contribution in [3.63, 3.8) is 0 Å². The number of hydrogen-bond acceptors (Lipinski definition) is 8. The average molecular weight is 487 g/mol. The molecule has 1 amide bonds. The second kappa shape index (κ2) is 10.8. The second-order valence-electron chi connectivity index (χ2n) is 10.2. The minimum atomic E-state index is -2.18. The Morgan fingerprint density at radius 2 is 1.75 bits per heavy atom. The van der Waals surface area contributed by atoms with Gasteiger partial charge in [0.05, 0.1) is 13.2 Å². The van der Waals surface area contributed by atoms with Crippen LogP contribution in [0.2, 0.25) is 18.1 Å². The molecule has 1 atom stereocenters. The Kier molecular flexibility index (Phi) is 9.49. The second-order valence-corrected chi connectivity index (χ2v) is 15.8. The van der Waals surface area contributed by atoms with Crippen LogP contribution in [0.5, 0.6) is 5.75 Å². The van der Waals surface area contributed by atoms with Crippen molar-refractivity contribution in [2.45, 2.75) is 90.7 Å². The molecule has 1 aromatic heterocycles. The first-order valence-corrected chi connectivity index (χ1v) is 14.4. The molecule has 0 aromatic carbocycles. The standard InChI is InChI=1S/C22H38N2O6SSi/c1-21(2,3)29-20(27)18-14(12-24-15(19(23)26)10-11-17(25)28-7)16(13-31-18)30-32(8,9)22(4,5)6/h13,15,24H,10-12H2,1-9H3,(H2,23,26)/t15-/m0/s1. The number of rotatable bonds is 10. The van der Waals surface area contributed by atoms with Crippen molar-refractivity contribution in [3.05, 3.63) is 15.8 Å². The SMILES string of the molecule is COC(=O)CC[C@H](NCc1c(O[Si](C)(C)C(C)(C)C)csc1C(=O)OC(C)(C)C)C(N)=O. The zero-order valence-corrected chi connectivity index (χ0v) is 22.5. The van der Waals surface area contributed by atoms with Gasteiger partial charge in [0.15, 0.2) is 0 Å². The van der Waals surface area contributed by atoms with Gasteiger partial charge in [0, 0.05) is 23.9 Å². The average Bonchev–Trinajstić information content (AvgIpc) is 3.00. The number of amides is 1. The van der Waals surface area contributed by atoms with Crippen LogP contribution in [0.15, 0.2) is 5.38 Å². The van der Waals surface area contributed by atoms with Crippen LogP contribution in [-0.4, -0.2) is 44.9 Å². The van der Waals surface area contributed by atoms with Gasteiger partial charge in [-0.25, -0.2) is 4.79 Å². The molecule has 1 rings (SSSR count). The third-order valence-electron chi connectivity index (χ3n) is 5.34. The van der Waals surface area contributed by atoms with Crippen LogP contribution in [0.3, 0.4) is 0 Å². The zero-order valence-electron chi connectivity index (χ0n) is 20.7. The van der Waals surface area contributed by atoms with E-state index in [4.69, 9.17) is 14.9 Å². The van der Waals surface area contributed by atoms with E-state index in [1.54, 1.807) is 20.8 Å². The summed E-state index contributed by atoms with van der Waals surface area (Å²) in [6.45, 7) is 16.2. The van der Waals surface area contributed by atoms with Gasteiger partial charge in [-0.2, -0.15) is 0 Å². The van der Waals surface area contributed by atoms with Crippen LogP contribution in [0.25, 0.3) is 0 Å². The monoisotopic (exact) mass is 486 g/mol. The van der Waals surface area contributed by atoms with Crippen LogP contribution < -0.4 is 15.5 Å². The summed E-state index contributed by atoms with van der Waals surface area (Å²) >= 11 is 1.25. The molecule has 0 aliphatic carbocycles. The Balaban J connectivity index is 3.22. The largest absolute Gasteiger partial charge is 0.543 e. The van der Waals surface area contributed by atoms with Gasteiger partial charge in [-0.1, -0.05) is 20.8 Å². The first-order chi connectivity index (χ1) is 14.5. The molecule has 0 radical (unpaired) electrons. The van der Waals surface area contributed by atoms with Gasteiger partial charge in [-0.3, -0.25) is 9.59 Å². The van der Waals surface area contributed by atoms with E-state index < -0.39 is 37.8 Å². The molecule has 0 unspecified atom stereocenters. The van der Waals surface area contributed by atoms with E-state index in [0.29, 0.717) is 16.2 Å². The lowest BCUT2D eigenvalue weighted by Crippen LogP contribution is -2.44. The molecule has 182 valence electrons. The summed E-state index contributed by atoms with van der Waals surface area (Å²) in [7, 11) is -0.895. The van der Waals surface area contributed by atoms with Gasteiger partial charge >= 0.3 is 11.9 Å². The van der Waals surface area contributed by atoms with Crippen LogP contribution in [-0.2, 0) is 25.6 Å². The quantitative estimate of drug-likeness (QED) is 0.379. The van der Waals surface area contributed by atoms with Gasteiger partial charge in [-0.15, -0.1) is 11.3 Å². The summed E-state index contributed by atoms with van der Waals surface area (Å²) in [5.41, 5.74) is 5.49. The molecule has 0 bridgehead atoms. The van der Waals surface area contributed by atoms with E-state index in [-0.39, 0.29) is 24.4 Å². The van der Waals surface area contributed by atoms with Crippen LogP contribution >= 0.6 is 11.3 Å². The van der Waals surface area contributed by atoms with Crippen molar-refractivity contribution in [1.29, 1.82) is 0 Å². The summed E-state index contributed by atoms with van der Waals surface area (Å²) in [5, 5.41) is 4.85. The number of nitrogens with two attached hydrogens (primary N) is 1. The number of carbonyl (C=O) groups is 3. The fourth-order valence-electron chi connectivity index (χ4n) is 2.48. The number of thiophene rings is 1. The number of esters is 2. The predicted molar refractivity (Wildman–Crippen MR) is 128 cm³/mol. The highest BCUT2D eigenvalue weighted by atomic mass is 32.1. The molecule has 0 aliphatic heterocycles. The molecular formula is C22H38N2O6SSi. The zero-order chi connectivity index (χ0) is 24.9. The van der Waals surface area contributed by atoms with E-state index in [1.807, 2.05) is 5.38 Å². The summed E-state index contributed by atoms with van der Waals surface area (Å²) in [4.78, 5) is 36.6. The Morgan fingerprint density at radius 3 is 2.22 bits per heavy atom. The number of carbonyl (C=O) groups excluding carboxylic acids is 3. The predicted octanol–water partition coefficient (Wildman–Crippen LogP) is 3.98. The van der Waals surface area contributed by atoms with Crippen molar-refractivity contribution in [3.8, 4) is 5.75 Å². The maximum Gasteiger partial charge on any atom is 0.349 e. The van der Waals surface area contributed by atoms with Crippen LogP contribution in [0.4, 0.5) is 0 Å². The van der Waals surface area contributed by atoms with E-state index in [1.165, 1.54) is 18.4 Å². The van der Waals surface area contributed by atoms with Crippen LogP contribution in [0.1, 0.15) is 69.6 Å². The maximum absolute atomic E-state index is 12.9. The highest BCUT2D eigenvalue weighted by molar-refractivity contribution is 7.12. The molecule has 3 N–H and O–H groups in total. The molecule has 0 spiro atoms. The molecular weight excluding hydrogens is 448 g/mol. The summed E-state index contributed by atoms with van der Waals surface area (Å²) in [6.07, 6.45) is 0.235. The van der Waals surface area contributed by atoms with E-state index in [2.05, 4.69) is 43.9 Å². The summed E-state index contributed by atoms with van der Waals surface area (Å²) in [5.74, 6) is -0.861. The van der Waals surface area contributed by atoms with Crippen LogP contribution in [0, 0.1) is 0 Å². The van der Waals surface area contributed by atoms with Crippen molar-refractivity contribution >= 4 is 37.5 Å². The molecule has 0 fully saturated rings. The lowest BCUT2D eigenvalue weighted by Gasteiger charge is -2.36. The fourth-order valence-corrected chi connectivity index (χ4v) is 4.47. The third-order valence-corrected chi connectivity index (χ3v) is 10.7. The minimum Gasteiger partial charge on any atom is -0.543 e. The van der Waals surface area contributed by atoms with Gasteiger partial charge in [0.2, 0.25) is 5.91 Å². The van der Waals surface area contributed by atoms with Crippen molar-refractivity contribution in [2.75, 3.05) is 7.11 Å². The molecule has 0 aliphatic rings. The molecule has 0 saturated heterocycles. The highest BCUT2D eigenvalue weighted by Crippen LogP contribution is 2.40. The lowest BCUT2D eigenvalue weighted by atomic mass is 10.1. The normalized spacial score (nSPS) is 13.4. The topological polar surface area (TPSA) is 117 Å². The number of methoxy groups -OCH3 is 1. The Morgan fingerprint density at radius 1 is 1.16 bits per heavy atom. The third kappa shape index (κ3) is 8.21. The summed E-state index contributed by atoms with van der Waals surface area (Å²) in [6, 6.07) is -0.763. The Labute approximate surface area is 196 Å². The van der Waals surface area contributed by atoms with Gasteiger partial charge in [0.25, 0.3) is 8.32 Å². The van der Waals surface area contributed by atoms with Gasteiger partial charge in [-0.05, 0) is 45.3 Å². The highest BCUT2D eigenvalue weighted by Gasteiger charge is 2.40. The Hall–Kier alpha value is -1.91. The number of hydrogen-bond donors (Lipinski definition) is 2. The first kappa shape index (κ1) is 28.1. The fraction of sp³-hybridized carbons (Fsp3) is 0.682. The molecule has 32 heavy (non-hydrogen) atoms. The molecule has 8 nitrogen and oxygen atoms in total. The molecule has 1 heterocycles. The molecule has 0 saturated carbocycles. The van der Waals surface area contributed by atoms with E-state index >= 15 is 0 Å². The first-order valence-electron chi connectivity index (χ1n) is 10.6. The van der Waals surface area contributed by atoms with Gasteiger partial charge in [0.1, 0.15) is 16.2 Å². The molecule has 10 heteroatoms. The van der Waals surface area contributed by atoms with Crippen molar-refractivity contribution in [1.82, 2.24) is 5.32 Å². The van der Waals surface area contributed by atoms with Crippen molar-refractivity contribution in [2.24, 2.45) is 5.73 Å².